The van der Waals surface area contributed by atoms with Crippen LogP contribution in [0.5, 0.6) is 0 Å². The molecule has 0 aliphatic rings. The predicted octanol–water partition coefficient (Wildman–Crippen LogP) is 0.289. The molecule has 0 aliphatic heterocycles. The number of aliphatic carboxylic acids is 1. The first-order valence-electron chi connectivity index (χ1n) is 4.29. The highest BCUT2D eigenvalue weighted by molar-refractivity contribution is 5.69. The molecule has 0 aliphatic carbocycles. The lowest BCUT2D eigenvalue weighted by molar-refractivity contribution is -0.136. The summed E-state index contributed by atoms with van der Waals surface area (Å²) in [6, 6.07) is 3.53. The number of carbonyl (C=O) groups is 1. The average Bonchev–Trinajstić information content (AvgIpc) is 2.67. The van der Waals surface area contributed by atoms with Crippen LogP contribution in [0.4, 0.5) is 0 Å². The second kappa shape index (κ2) is 3.87. The van der Waals surface area contributed by atoms with Gasteiger partial charge in [0.1, 0.15) is 0 Å². The van der Waals surface area contributed by atoms with Crippen LogP contribution in [0, 0.1) is 0 Å². The molecule has 0 atom stereocenters. The summed E-state index contributed by atoms with van der Waals surface area (Å²) < 4.78 is 1.51. The van der Waals surface area contributed by atoms with E-state index in [9.17, 15) is 4.79 Å². The van der Waals surface area contributed by atoms with E-state index in [-0.39, 0.29) is 6.42 Å². The highest BCUT2D eigenvalue weighted by Crippen LogP contribution is 2.04. The molecule has 0 unspecified atom stereocenters. The molecule has 76 valence electrons. The lowest BCUT2D eigenvalue weighted by Crippen LogP contribution is -1.99. The van der Waals surface area contributed by atoms with Crippen LogP contribution < -0.4 is 0 Å². The molecule has 2 aromatic rings. The Kier molecular flexibility index (Phi) is 2.40. The molecule has 0 aromatic carbocycles. The van der Waals surface area contributed by atoms with Crippen molar-refractivity contribution in [1.29, 1.82) is 0 Å². The summed E-state index contributed by atoms with van der Waals surface area (Å²) in [4.78, 5) is 14.3. The van der Waals surface area contributed by atoms with Gasteiger partial charge in [0.05, 0.1) is 24.0 Å². The van der Waals surface area contributed by atoms with E-state index in [1.165, 1.54) is 4.68 Å². The van der Waals surface area contributed by atoms with Gasteiger partial charge in [-0.1, -0.05) is 5.21 Å². The molecule has 1 N–H and O–H groups in total. The molecule has 0 spiro atoms. The fourth-order valence-electron chi connectivity index (χ4n) is 1.16. The summed E-state index contributed by atoms with van der Waals surface area (Å²) in [6.07, 6.45) is 4.73. The summed E-state index contributed by atoms with van der Waals surface area (Å²) >= 11 is 0. The van der Waals surface area contributed by atoms with Gasteiger partial charge in [0.15, 0.2) is 0 Å². The van der Waals surface area contributed by atoms with E-state index in [0.29, 0.717) is 5.69 Å². The van der Waals surface area contributed by atoms with Crippen molar-refractivity contribution < 1.29 is 9.90 Å². The summed E-state index contributed by atoms with van der Waals surface area (Å²) in [5.74, 6) is -0.920. The van der Waals surface area contributed by atoms with E-state index in [1.807, 2.05) is 0 Å². The van der Waals surface area contributed by atoms with Gasteiger partial charge in [-0.25, -0.2) is 4.68 Å². The molecule has 6 heteroatoms. The molecule has 0 radical (unpaired) electrons. The average molecular weight is 204 g/mol. The molecule has 6 nitrogen and oxygen atoms in total. The van der Waals surface area contributed by atoms with Crippen molar-refractivity contribution in [3.63, 3.8) is 0 Å². The van der Waals surface area contributed by atoms with Crippen molar-refractivity contribution in [2.45, 2.75) is 6.42 Å². The first-order valence-corrected chi connectivity index (χ1v) is 4.29. The Labute approximate surface area is 85.2 Å². The van der Waals surface area contributed by atoms with Gasteiger partial charge in [-0.3, -0.25) is 9.78 Å². The Morgan fingerprint density at radius 3 is 2.80 bits per heavy atom. The van der Waals surface area contributed by atoms with Crippen molar-refractivity contribution in [3.05, 3.63) is 36.4 Å². The minimum Gasteiger partial charge on any atom is -0.481 e. The maximum atomic E-state index is 10.4. The summed E-state index contributed by atoms with van der Waals surface area (Å²) in [7, 11) is 0. The van der Waals surface area contributed by atoms with Crippen molar-refractivity contribution >= 4 is 5.97 Å². The first-order chi connectivity index (χ1) is 7.25. The monoisotopic (exact) mass is 204 g/mol. The van der Waals surface area contributed by atoms with E-state index in [0.717, 1.165) is 5.69 Å². The largest absolute Gasteiger partial charge is 0.481 e. The number of pyridine rings is 1. The second-order valence-electron chi connectivity index (χ2n) is 2.93. The Balaban J connectivity index is 2.24. The number of nitrogens with zero attached hydrogens (tertiary/aromatic N) is 4. The molecular formula is C9H8N4O2. The first kappa shape index (κ1) is 9.32. The van der Waals surface area contributed by atoms with Crippen molar-refractivity contribution in [2.75, 3.05) is 0 Å². The molecular weight excluding hydrogens is 196 g/mol. The van der Waals surface area contributed by atoms with Gasteiger partial charge in [-0.15, -0.1) is 5.10 Å². The molecule has 0 saturated heterocycles. The van der Waals surface area contributed by atoms with Gasteiger partial charge in [0, 0.05) is 12.4 Å². The number of rotatable bonds is 3. The van der Waals surface area contributed by atoms with Gasteiger partial charge in [0.2, 0.25) is 0 Å². The maximum Gasteiger partial charge on any atom is 0.309 e. The molecule has 0 amide bonds. The van der Waals surface area contributed by atoms with E-state index >= 15 is 0 Å². The summed E-state index contributed by atoms with van der Waals surface area (Å²) in [5, 5.41) is 16.1. The van der Waals surface area contributed by atoms with E-state index in [4.69, 9.17) is 5.11 Å². The van der Waals surface area contributed by atoms with Crippen LogP contribution >= 0.6 is 0 Å². The van der Waals surface area contributed by atoms with Crippen molar-refractivity contribution in [2.24, 2.45) is 0 Å². The Bertz CT molecular complexity index is 466. The van der Waals surface area contributed by atoms with Crippen LogP contribution in [0.15, 0.2) is 30.7 Å². The fraction of sp³-hybridized carbons (Fsp3) is 0.111. The Morgan fingerprint density at radius 2 is 2.13 bits per heavy atom. The highest BCUT2D eigenvalue weighted by atomic mass is 16.4. The Hall–Kier alpha value is -2.24. The Morgan fingerprint density at radius 1 is 1.40 bits per heavy atom. The van der Waals surface area contributed by atoms with Crippen LogP contribution in [-0.4, -0.2) is 31.1 Å². The topological polar surface area (TPSA) is 80.9 Å². The third-order valence-corrected chi connectivity index (χ3v) is 1.80. The quantitative estimate of drug-likeness (QED) is 0.777. The van der Waals surface area contributed by atoms with E-state index in [1.54, 1.807) is 30.7 Å². The van der Waals surface area contributed by atoms with Gasteiger partial charge in [0.25, 0.3) is 0 Å². The standard InChI is InChI=1S/C9H8N4O2/c14-9(15)5-7-6-13(12-11-7)8-1-3-10-4-2-8/h1-4,6H,5H2,(H,14,15). The normalized spacial score (nSPS) is 10.1. The molecule has 2 heterocycles. The molecule has 2 aromatic heterocycles. The smallest absolute Gasteiger partial charge is 0.309 e. The maximum absolute atomic E-state index is 10.4. The van der Waals surface area contributed by atoms with E-state index in [2.05, 4.69) is 15.3 Å². The summed E-state index contributed by atoms with van der Waals surface area (Å²) in [6.45, 7) is 0. The second-order valence-corrected chi connectivity index (χ2v) is 2.93. The van der Waals surface area contributed by atoms with Gasteiger partial charge in [-0.2, -0.15) is 0 Å². The zero-order valence-electron chi connectivity index (χ0n) is 7.74. The SMILES string of the molecule is O=C(O)Cc1cn(-c2ccncc2)nn1. The van der Waals surface area contributed by atoms with Crippen molar-refractivity contribution in [1.82, 2.24) is 20.0 Å². The minimum atomic E-state index is -0.920. The third kappa shape index (κ3) is 2.16. The van der Waals surface area contributed by atoms with Gasteiger partial charge in [-0.05, 0) is 12.1 Å². The molecule has 0 bridgehead atoms. The third-order valence-electron chi connectivity index (χ3n) is 1.80. The predicted molar refractivity (Wildman–Crippen MR) is 50.5 cm³/mol. The number of hydrogen-bond acceptors (Lipinski definition) is 4. The van der Waals surface area contributed by atoms with Crippen LogP contribution in [0.3, 0.4) is 0 Å². The number of carboxylic acid groups (broad SMARTS) is 1. The molecule has 15 heavy (non-hydrogen) atoms. The minimum absolute atomic E-state index is 0.120. The van der Waals surface area contributed by atoms with Crippen molar-refractivity contribution in [3.8, 4) is 5.69 Å². The number of carboxylic acids is 1. The molecule has 0 saturated carbocycles. The molecule has 2 rings (SSSR count). The number of aromatic nitrogens is 4. The van der Waals surface area contributed by atoms with Gasteiger partial charge >= 0.3 is 5.97 Å². The molecule has 0 fully saturated rings. The zero-order valence-corrected chi connectivity index (χ0v) is 7.74. The number of hydrogen-bond donors (Lipinski definition) is 1. The van der Waals surface area contributed by atoms with E-state index < -0.39 is 5.97 Å². The summed E-state index contributed by atoms with van der Waals surface area (Å²) in [5.41, 5.74) is 1.23. The fourth-order valence-corrected chi connectivity index (χ4v) is 1.16. The zero-order chi connectivity index (χ0) is 10.7. The highest BCUT2D eigenvalue weighted by Gasteiger charge is 2.06. The lowest BCUT2D eigenvalue weighted by Gasteiger charge is -1.96. The van der Waals surface area contributed by atoms with Crippen LogP contribution in [0.2, 0.25) is 0 Å². The lowest BCUT2D eigenvalue weighted by atomic mass is 10.3. The van der Waals surface area contributed by atoms with Crippen LogP contribution in [0.1, 0.15) is 5.69 Å². The van der Waals surface area contributed by atoms with Gasteiger partial charge < -0.3 is 5.11 Å². The van der Waals surface area contributed by atoms with Crippen LogP contribution in [-0.2, 0) is 11.2 Å². The van der Waals surface area contributed by atoms with Crippen LogP contribution in [0.25, 0.3) is 5.69 Å².